The van der Waals surface area contributed by atoms with Gasteiger partial charge in [-0.3, -0.25) is 4.79 Å². The van der Waals surface area contributed by atoms with Gasteiger partial charge in [0.15, 0.2) is 0 Å². The van der Waals surface area contributed by atoms with Gasteiger partial charge in [0.1, 0.15) is 35.8 Å². The molecule has 1 fully saturated rings. The monoisotopic (exact) mass is 477 g/mol. The Bertz CT molecular complexity index is 1020. The summed E-state index contributed by atoms with van der Waals surface area (Å²) in [5.41, 5.74) is 0.0319. The Balaban J connectivity index is 1.64. The van der Waals surface area contributed by atoms with E-state index >= 15 is 4.39 Å². The number of rotatable bonds is 5. The molecule has 0 bridgehead atoms. The van der Waals surface area contributed by atoms with Gasteiger partial charge >= 0.3 is 6.09 Å². The van der Waals surface area contributed by atoms with E-state index in [2.05, 4.69) is 10.4 Å². The summed E-state index contributed by atoms with van der Waals surface area (Å²) in [7, 11) is 1.46. The van der Waals surface area contributed by atoms with Crippen LogP contribution in [0.3, 0.4) is 0 Å². The summed E-state index contributed by atoms with van der Waals surface area (Å²) in [5.74, 6) is -0.399. The minimum Gasteiger partial charge on any atom is -0.444 e. The van der Waals surface area contributed by atoms with Crippen LogP contribution in [-0.4, -0.2) is 70.9 Å². The highest BCUT2D eigenvalue weighted by atomic mass is 19.1. The first-order valence-corrected chi connectivity index (χ1v) is 11.0. The Morgan fingerprint density at radius 3 is 2.68 bits per heavy atom. The van der Waals surface area contributed by atoms with Crippen molar-refractivity contribution in [3.63, 3.8) is 0 Å². The van der Waals surface area contributed by atoms with Crippen LogP contribution in [0.1, 0.15) is 44.5 Å². The molecular weight excluding hydrogens is 448 g/mol. The Morgan fingerprint density at radius 1 is 1.35 bits per heavy atom. The number of hydrogen-bond donors (Lipinski definition) is 1. The van der Waals surface area contributed by atoms with Gasteiger partial charge in [-0.15, -0.1) is 0 Å². The average Bonchev–Trinajstić information content (AvgIpc) is 3.18. The number of ether oxygens (including phenoxy) is 2. The molecule has 2 amide bonds. The summed E-state index contributed by atoms with van der Waals surface area (Å²) >= 11 is 0. The normalized spacial score (nSPS) is 24.9. The number of carbonyl (C=O) groups excluding carboxylic acids is 2. The standard InChI is InChI=1S/C23H29F2N5O4/c1-23(2,3)34-22(32)29-8-7-18(17(25)12-29)30-19(10-26)15(11-28-30)13-33-20-6-5-14(9-16(20)24)21(31)27-4/h5-6,9,11,16-18,20H,7-8,12-13H2,1-4H3,(H,27,31)/t16?,17-,18+,20?/m1/s1. The quantitative estimate of drug-likeness (QED) is 0.699. The first-order chi connectivity index (χ1) is 16.0. The highest BCUT2D eigenvalue weighted by Gasteiger charge is 2.36. The summed E-state index contributed by atoms with van der Waals surface area (Å²) in [5, 5.41) is 16.3. The first-order valence-electron chi connectivity index (χ1n) is 11.0. The Morgan fingerprint density at radius 2 is 2.09 bits per heavy atom. The maximum atomic E-state index is 15.0. The van der Waals surface area contributed by atoms with Gasteiger partial charge in [0, 0.05) is 24.7 Å². The molecule has 0 spiro atoms. The molecule has 2 heterocycles. The van der Waals surface area contributed by atoms with E-state index in [1.165, 1.54) is 41.1 Å². The fourth-order valence-corrected chi connectivity index (χ4v) is 3.79. The van der Waals surface area contributed by atoms with Gasteiger partial charge < -0.3 is 19.7 Å². The zero-order valence-electron chi connectivity index (χ0n) is 19.6. The molecule has 2 aliphatic rings. The molecule has 0 saturated carbocycles. The summed E-state index contributed by atoms with van der Waals surface area (Å²) in [4.78, 5) is 25.2. The predicted octanol–water partition coefficient (Wildman–Crippen LogP) is 2.74. The lowest BCUT2D eigenvalue weighted by atomic mass is 10.0. The van der Waals surface area contributed by atoms with Crippen LogP contribution in [0.5, 0.6) is 0 Å². The molecule has 1 aromatic heterocycles. The molecule has 9 nitrogen and oxygen atoms in total. The second-order valence-corrected chi connectivity index (χ2v) is 9.15. The van der Waals surface area contributed by atoms with Crippen LogP contribution < -0.4 is 5.32 Å². The number of piperidine rings is 1. The van der Waals surface area contributed by atoms with Gasteiger partial charge in [0.25, 0.3) is 5.91 Å². The highest BCUT2D eigenvalue weighted by Crippen LogP contribution is 2.29. The lowest BCUT2D eigenvalue weighted by molar-refractivity contribution is -0.116. The Labute approximate surface area is 197 Å². The highest BCUT2D eigenvalue weighted by molar-refractivity contribution is 5.96. The largest absolute Gasteiger partial charge is 0.444 e. The molecule has 1 N–H and O–H groups in total. The van der Waals surface area contributed by atoms with Gasteiger partial charge in [-0.05, 0) is 33.3 Å². The Kier molecular flexibility index (Phi) is 7.71. The van der Waals surface area contributed by atoms with Crippen molar-refractivity contribution in [2.75, 3.05) is 20.1 Å². The predicted molar refractivity (Wildman–Crippen MR) is 118 cm³/mol. The number of likely N-dealkylation sites (tertiary alicyclic amines) is 1. The third kappa shape index (κ3) is 5.80. The maximum Gasteiger partial charge on any atom is 0.410 e. The second kappa shape index (κ2) is 10.3. The summed E-state index contributed by atoms with van der Waals surface area (Å²) in [6.45, 7) is 5.18. The molecule has 1 saturated heterocycles. The SMILES string of the molecule is CNC(=O)C1=CC(F)C(OCc2cnn([C@H]3CCN(C(=O)OC(C)(C)C)C[C@H]3F)c2C#N)C=C1. The number of nitriles is 1. The van der Waals surface area contributed by atoms with E-state index in [1.54, 1.807) is 20.8 Å². The number of halogens is 2. The van der Waals surface area contributed by atoms with Crippen molar-refractivity contribution in [1.29, 1.82) is 5.26 Å². The molecule has 34 heavy (non-hydrogen) atoms. The fraction of sp³-hybridized carbons (Fsp3) is 0.565. The number of nitrogens with one attached hydrogen (secondary N) is 1. The van der Waals surface area contributed by atoms with Gasteiger partial charge in [-0.1, -0.05) is 12.2 Å². The summed E-state index contributed by atoms with van der Waals surface area (Å²) in [6.07, 6.45) is 1.23. The summed E-state index contributed by atoms with van der Waals surface area (Å²) < 4.78 is 41.7. The smallest absolute Gasteiger partial charge is 0.410 e. The summed E-state index contributed by atoms with van der Waals surface area (Å²) in [6, 6.07) is 1.29. The molecule has 2 unspecified atom stereocenters. The van der Waals surface area contributed by atoms with Crippen LogP contribution in [0, 0.1) is 11.3 Å². The van der Waals surface area contributed by atoms with Gasteiger partial charge in [0.2, 0.25) is 0 Å². The van der Waals surface area contributed by atoms with E-state index in [0.29, 0.717) is 5.56 Å². The third-order valence-electron chi connectivity index (χ3n) is 5.49. The molecule has 1 aliphatic heterocycles. The van der Waals surface area contributed by atoms with Crippen molar-refractivity contribution in [3.05, 3.63) is 41.3 Å². The lowest BCUT2D eigenvalue weighted by Crippen LogP contribution is -2.47. The van der Waals surface area contributed by atoms with Gasteiger partial charge in [-0.2, -0.15) is 10.4 Å². The second-order valence-electron chi connectivity index (χ2n) is 9.15. The number of nitrogens with zero attached hydrogens (tertiary/aromatic N) is 4. The van der Waals surface area contributed by atoms with E-state index in [4.69, 9.17) is 9.47 Å². The van der Waals surface area contributed by atoms with E-state index in [9.17, 15) is 19.2 Å². The Hall–Kier alpha value is -3.26. The van der Waals surface area contributed by atoms with Crippen LogP contribution in [-0.2, 0) is 20.9 Å². The molecule has 1 aliphatic carbocycles. The molecule has 3 rings (SSSR count). The third-order valence-corrected chi connectivity index (χ3v) is 5.49. The molecule has 1 aromatic rings. The van der Waals surface area contributed by atoms with Crippen molar-refractivity contribution in [2.24, 2.45) is 0 Å². The number of alkyl halides is 2. The van der Waals surface area contributed by atoms with Crippen LogP contribution in [0.4, 0.5) is 13.6 Å². The van der Waals surface area contributed by atoms with Crippen molar-refractivity contribution >= 4 is 12.0 Å². The van der Waals surface area contributed by atoms with E-state index < -0.39 is 42.1 Å². The minimum absolute atomic E-state index is 0.116. The van der Waals surface area contributed by atoms with Gasteiger partial charge in [0.05, 0.1) is 25.4 Å². The molecule has 0 radical (unpaired) electrons. The van der Waals surface area contributed by atoms with Gasteiger partial charge in [-0.25, -0.2) is 18.3 Å². The first kappa shape index (κ1) is 25.4. The van der Waals surface area contributed by atoms with Crippen molar-refractivity contribution < 1.29 is 27.8 Å². The zero-order chi connectivity index (χ0) is 25.0. The molecule has 4 atom stereocenters. The topological polar surface area (TPSA) is 109 Å². The fourth-order valence-electron chi connectivity index (χ4n) is 3.79. The number of carbonyl (C=O) groups is 2. The van der Waals surface area contributed by atoms with E-state index in [1.807, 2.05) is 6.07 Å². The molecule has 184 valence electrons. The molecule has 0 aromatic carbocycles. The van der Waals surface area contributed by atoms with E-state index in [-0.39, 0.29) is 37.4 Å². The van der Waals surface area contributed by atoms with Crippen molar-refractivity contribution in [2.45, 2.75) is 63.9 Å². The average molecular weight is 478 g/mol. The van der Waals surface area contributed by atoms with E-state index in [0.717, 1.165) is 0 Å². The number of amides is 2. The van der Waals surface area contributed by atoms with Crippen molar-refractivity contribution in [1.82, 2.24) is 20.0 Å². The molecule has 11 heteroatoms. The number of likely N-dealkylation sites (N-methyl/N-ethyl adjacent to an activating group) is 1. The lowest BCUT2D eigenvalue weighted by Gasteiger charge is -2.35. The van der Waals surface area contributed by atoms with Crippen molar-refractivity contribution in [3.8, 4) is 6.07 Å². The van der Waals surface area contributed by atoms with Crippen LogP contribution in [0.25, 0.3) is 0 Å². The van der Waals surface area contributed by atoms with Crippen LogP contribution in [0.15, 0.2) is 30.0 Å². The maximum absolute atomic E-state index is 15.0. The zero-order valence-corrected chi connectivity index (χ0v) is 19.6. The number of aromatic nitrogens is 2. The molecular formula is C23H29F2N5O4. The van der Waals surface area contributed by atoms with Crippen LogP contribution >= 0.6 is 0 Å². The van der Waals surface area contributed by atoms with Crippen LogP contribution in [0.2, 0.25) is 0 Å². The minimum atomic E-state index is -1.54. The number of hydrogen-bond acceptors (Lipinski definition) is 6.